The molecular weight excluding hydrogens is 428 g/mol. The molecule has 0 atom stereocenters. The van der Waals surface area contributed by atoms with Gasteiger partial charge in [-0.25, -0.2) is 5.43 Å². The zero-order valence-corrected chi connectivity index (χ0v) is 16.6. The second-order valence-electron chi connectivity index (χ2n) is 5.66. The first kappa shape index (κ1) is 19.1. The van der Waals surface area contributed by atoms with Crippen LogP contribution in [-0.4, -0.2) is 12.1 Å². The molecule has 0 unspecified atom stereocenters. The molecule has 6 heteroatoms. The molecule has 0 fully saturated rings. The molecule has 27 heavy (non-hydrogen) atoms. The summed E-state index contributed by atoms with van der Waals surface area (Å²) in [6.45, 7) is 0.410. The van der Waals surface area contributed by atoms with Crippen molar-refractivity contribution in [3.63, 3.8) is 0 Å². The summed E-state index contributed by atoms with van der Waals surface area (Å²) in [6.07, 6.45) is 1.56. The minimum absolute atomic E-state index is 0.279. The van der Waals surface area contributed by atoms with Crippen molar-refractivity contribution in [2.75, 3.05) is 0 Å². The summed E-state index contributed by atoms with van der Waals surface area (Å²) in [5.74, 6) is 0.396. The summed E-state index contributed by atoms with van der Waals surface area (Å²) >= 11 is 9.23. The second kappa shape index (κ2) is 9.35. The number of nitrogens with one attached hydrogen (secondary N) is 1. The Kier molecular flexibility index (Phi) is 6.63. The highest BCUT2D eigenvalue weighted by Gasteiger charge is 2.04. The highest BCUT2D eigenvalue weighted by atomic mass is 79.9. The maximum absolute atomic E-state index is 12.1. The number of amides is 1. The SMILES string of the molecule is O=C(N/N=C\c1ccccc1OCc1ccc(Cl)cc1)c1ccc(Br)cc1. The summed E-state index contributed by atoms with van der Waals surface area (Å²) in [6, 6.07) is 22.0. The van der Waals surface area contributed by atoms with Gasteiger partial charge in [-0.2, -0.15) is 5.10 Å². The third-order valence-electron chi connectivity index (χ3n) is 3.70. The third-order valence-corrected chi connectivity index (χ3v) is 4.48. The molecule has 1 N–H and O–H groups in total. The van der Waals surface area contributed by atoms with E-state index in [1.807, 2.05) is 48.5 Å². The van der Waals surface area contributed by atoms with Crippen LogP contribution in [0.2, 0.25) is 5.02 Å². The number of rotatable bonds is 6. The van der Waals surface area contributed by atoms with E-state index >= 15 is 0 Å². The molecule has 0 saturated carbocycles. The number of para-hydroxylation sites is 1. The van der Waals surface area contributed by atoms with Gasteiger partial charge in [0.15, 0.2) is 0 Å². The zero-order valence-electron chi connectivity index (χ0n) is 14.2. The number of hydrazone groups is 1. The quantitative estimate of drug-likeness (QED) is 0.407. The second-order valence-corrected chi connectivity index (χ2v) is 7.01. The van der Waals surface area contributed by atoms with Gasteiger partial charge in [-0.15, -0.1) is 0 Å². The van der Waals surface area contributed by atoms with Crippen LogP contribution >= 0.6 is 27.5 Å². The minimum Gasteiger partial charge on any atom is -0.488 e. The van der Waals surface area contributed by atoms with E-state index in [4.69, 9.17) is 16.3 Å². The number of carbonyl (C=O) groups is 1. The maximum atomic E-state index is 12.1. The fourth-order valence-corrected chi connectivity index (χ4v) is 2.68. The first-order valence-electron chi connectivity index (χ1n) is 8.17. The predicted molar refractivity (Wildman–Crippen MR) is 111 cm³/mol. The van der Waals surface area contributed by atoms with Crippen molar-refractivity contribution in [2.45, 2.75) is 6.61 Å². The Labute approximate surface area is 171 Å². The van der Waals surface area contributed by atoms with Gasteiger partial charge in [0.2, 0.25) is 0 Å². The van der Waals surface area contributed by atoms with Gasteiger partial charge in [0.05, 0.1) is 6.21 Å². The highest BCUT2D eigenvalue weighted by molar-refractivity contribution is 9.10. The Bertz CT molecular complexity index is 941. The molecular formula is C21H16BrClN2O2. The Morgan fingerprint density at radius 2 is 1.74 bits per heavy atom. The summed E-state index contributed by atoms with van der Waals surface area (Å²) in [5.41, 5.74) is 4.82. The van der Waals surface area contributed by atoms with E-state index in [1.54, 1.807) is 30.5 Å². The molecule has 0 saturated heterocycles. The van der Waals surface area contributed by atoms with Crippen molar-refractivity contribution < 1.29 is 9.53 Å². The molecule has 0 heterocycles. The van der Waals surface area contributed by atoms with E-state index in [2.05, 4.69) is 26.5 Å². The molecule has 4 nitrogen and oxygen atoms in total. The zero-order chi connectivity index (χ0) is 19.1. The number of hydrogen-bond acceptors (Lipinski definition) is 3. The largest absolute Gasteiger partial charge is 0.488 e. The molecule has 3 aromatic rings. The lowest BCUT2D eigenvalue weighted by molar-refractivity contribution is 0.0955. The van der Waals surface area contributed by atoms with E-state index in [0.29, 0.717) is 22.9 Å². The van der Waals surface area contributed by atoms with E-state index < -0.39 is 0 Å². The van der Waals surface area contributed by atoms with Gasteiger partial charge in [0, 0.05) is 20.6 Å². The summed E-state index contributed by atoms with van der Waals surface area (Å²) < 4.78 is 6.78. The fourth-order valence-electron chi connectivity index (χ4n) is 2.29. The van der Waals surface area contributed by atoms with Crippen molar-refractivity contribution in [1.82, 2.24) is 5.43 Å². The molecule has 0 radical (unpaired) electrons. The molecule has 3 aromatic carbocycles. The maximum Gasteiger partial charge on any atom is 0.271 e. The number of halogens is 2. The molecule has 0 aliphatic heterocycles. The average molecular weight is 444 g/mol. The van der Waals surface area contributed by atoms with Gasteiger partial charge in [-0.3, -0.25) is 4.79 Å². The van der Waals surface area contributed by atoms with Crippen molar-refractivity contribution in [3.8, 4) is 5.75 Å². The Hall–Kier alpha value is -2.63. The van der Waals surface area contributed by atoms with Crippen molar-refractivity contribution in [2.24, 2.45) is 5.10 Å². The van der Waals surface area contributed by atoms with E-state index in [1.165, 1.54) is 0 Å². The molecule has 136 valence electrons. The lowest BCUT2D eigenvalue weighted by atomic mass is 10.2. The normalized spacial score (nSPS) is 10.7. The van der Waals surface area contributed by atoms with Gasteiger partial charge in [-0.1, -0.05) is 51.8 Å². The number of hydrogen-bond donors (Lipinski definition) is 1. The summed E-state index contributed by atoms with van der Waals surface area (Å²) in [5, 5.41) is 4.72. The number of benzene rings is 3. The molecule has 0 aliphatic carbocycles. The smallest absolute Gasteiger partial charge is 0.271 e. The molecule has 1 amide bonds. The van der Waals surface area contributed by atoms with Crippen LogP contribution in [0.3, 0.4) is 0 Å². The molecule has 0 aromatic heterocycles. The van der Waals surface area contributed by atoms with Crippen LogP contribution in [0.25, 0.3) is 0 Å². The van der Waals surface area contributed by atoms with Gasteiger partial charge in [-0.05, 0) is 54.1 Å². The van der Waals surface area contributed by atoms with Gasteiger partial charge in [0.25, 0.3) is 5.91 Å². The van der Waals surface area contributed by atoms with Crippen LogP contribution in [0.4, 0.5) is 0 Å². The van der Waals surface area contributed by atoms with Crippen LogP contribution in [0.15, 0.2) is 82.4 Å². The van der Waals surface area contributed by atoms with Crippen LogP contribution in [0.1, 0.15) is 21.5 Å². The van der Waals surface area contributed by atoms with E-state index in [9.17, 15) is 4.79 Å². The Morgan fingerprint density at radius 1 is 1.04 bits per heavy atom. The van der Waals surface area contributed by atoms with E-state index in [0.717, 1.165) is 15.6 Å². The van der Waals surface area contributed by atoms with Crippen LogP contribution < -0.4 is 10.2 Å². The standard InChI is InChI=1S/C21H16BrClN2O2/c22-18-9-7-16(8-10-18)21(26)25-24-13-17-3-1-2-4-20(17)27-14-15-5-11-19(23)12-6-15/h1-13H,14H2,(H,25,26)/b24-13-. The average Bonchev–Trinajstić information content (AvgIpc) is 2.69. The monoisotopic (exact) mass is 442 g/mol. The van der Waals surface area contributed by atoms with E-state index in [-0.39, 0.29) is 5.91 Å². The number of carbonyl (C=O) groups excluding carboxylic acids is 1. The molecule has 0 aliphatic rings. The van der Waals surface area contributed by atoms with Crippen molar-refractivity contribution in [1.29, 1.82) is 0 Å². The summed E-state index contributed by atoms with van der Waals surface area (Å²) in [7, 11) is 0. The van der Waals surface area contributed by atoms with Crippen LogP contribution in [-0.2, 0) is 6.61 Å². The Balaban J connectivity index is 1.62. The number of nitrogens with zero attached hydrogens (tertiary/aromatic N) is 1. The molecule has 3 rings (SSSR count). The van der Waals surface area contributed by atoms with Crippen molar-refractivity contribution in [3.05, 3.63) is 99.0 Å². The van der Waals surface area contributed by atoms with Gasteiger partial charge in [0.1, 0.15) is 12.4 Å². The topological polar surface area (TPSA) is 50.7 Å². The summed E-state index contributed by atoms with van der Waals surface area (Å²) in [4.78, 5) is 12.1. The lowest BCUT2D eigenvalue weighted by Crippen LogP contribution is -2.17. The van der Waals surface area contributed by atoms with Gasteiger partial charge >= 0.3 is 0 Å². The first-order valence-corrected chi connectivity index (χ1v) is 9.34. The molecule has 0 spiro atoms. The lowest BCUT2D eigenvalue weighted by Gasteiger charge is -2.09. The first-order chi connectivity index (χ1) is 13.1. The van der Waals surface area contributed by atoms with Crippen LogP contribution in [0.5, 0.6) is 5.75 Å². The van der Waals surface area contributed by atoms with Crippen molar-refractivity contribution >= 4 is 39.7 Å². The fraction of sp³-hybridized carbons (Fsp3) is 0.0476. The Morgan fingerprint density at radius 3 is 2.48 bits per heavy atom. The number of ether oxygens (including phenoxy) is 1. The van der Waals surface area contributed by atoms with Gasteiger partial charge < -0.3 is 4.74 Å². The third kappa shape index (κ3) is 5.67. The predicted octanol–water partition coefficient (Wildman–Crippen LogP) is 5.45. The highest BCUT2D eigenvalue weighted by Crippen LogP contribution is 2.18. The van der Waals surface area contributed by atoms with Crippen LogP contribution in [0, 0.1) is 0 Å². The molecule has 0 bridgehead atoms. The minimum atomic E-state index is -0.279.